The van der Waals surface area contributed by atoms with Gasteiger partial charge in [-0.25, -0.2) is 0 Å². The highest BCUT2D eigenvalue weighted by Crippen LogP contribution is 2.39. The normalized spacial score (nSPS) is 16.6. The average Bonchev–Trinajstić information content (AvgIpc) is 3.13. The maximum atomic E-state index is 13.2. The Kier molecular flexibility index (Phi) is 5.87. The van der Waals surface area contributed by atoms with E-state index in [9.17, 15) is 4.79 Å². The lowest BCUT2D eigenvalue weighted by atomic mass is 10.0. The second-order valence-corrected chi connectivity index (χ2v) is 7.34. The first kappa shape index (κ1) is 18.8. The summed E-state index contributed by atoms with van der Waals surface area (Å²) in [6.45, 7) is 5.29. The first-order chi connectivity index (χ1) is 12.5. The van der Waals surface area contributed by atoms with Gasteiger partial charge in [-0.1, -0.05) is 29.8 Å². The summed E-state index contributed by atoms with van der Waals surface area (Å²) in [5, 5.41) is 0. The molecule has 1 amide bonds. The number of rotatable bonds is 5. The number of halogens is 1. The van der Waals surface area contributed by atoms with Gasteiger partial charge in [0.15, 0.2) is 11.5 Å². The number of methoxy groups -OCH3 is 1. The van der Waals surface area contributed by atoms with Gasteiger partial charge in [0.05, 0.1) is 24.2 Å². The van der Waals surface area contributed by atoms with E-state index in [1.807, 2.05) is 17.9 Å². The number of carbonyl (C=O) groups is 1. The Morgan fingerprint density at radius 3 is 2.65 bits per heavy atom. The van der Waals surface area contributed by atoms with E-state index in [1.54, 1.807) is 13.2 Å². The molecule has 1 heterocycles. The molecule has 0 aromatic heterocycles. The Hall–Kier alpha value is -2.01. The van der Waals surface area contributed by atoms with Crippen molar-refractivity contribution >= 4 is 21.8 Å². The highest BCUT2D eigenvalue weighted by molar-refractivity contribution is 9.10. The lowest BCUT2D eigenvalue weighted by Gasteiger charge is -2.26. The van der Waals surface area contributed by atoms with E-state index in [1.165, 1.54) is 11.1 Å². The van der Waals surface area contributed by atoms with Crippen LogP contribution in [0.5, 0.6) is 11.5 Å². The first-order valence-electron chi connectivity index (χ1n) is 8.93. The van der Waals surface area contributed by atoms with Crippen molar-refractivity contribution in [2.45, 2.75) is 32.7 Å². The lowest BCUT2D eigenvalue weighted by Crippen LogP contribution is -2.30. The minimum atomic E-state index is 0.0233. The average molecular weight is 418 g/mol. The maximum absolute atomic E-state index is 13.2. The summed E-state index contributed by atoms with van der Waals surface area (Å²) in [7, 11) is 1.59. The molecule has 2 aromatic rings. The van der Waals surface area contributed by atoms with Gasteiger partial charge in [0, 0.05) is 12.1 Å². The van der Waals surface area contributed by atoms with Gasteiger partial charge < -0.3 is 14.4 Å². The summed E-state index contributed by atoms with van der Waals surface area (Å²) < 4.78 is 11.8. The fraction of sp³-hybridized carbons (Fsp3) is 0.381. The Morgan fingerprint density at radius 2 is 2.00 bits per heavy atom. The molecule has 1 atom stereocenters. The summed E-state index contributed by atoms with van der Waals surface area (Å²) >= 11 is 3.51. The number of likely N-dealkylation sites (tertiary alicyclic amines) is 1. The van der Waals surface area contributed by atoms with Crippen molar-refractivity contribution in [3.05, 3.63) is 57.6 Å². The molecular weight excluding hydrogens is 394 g/mol. The summed E-state index contributed by atoms with van der Waals surface area (Å²) in [5.41, 5.74) is 3.03. The van der Waals surface area contributed by atoms with Crippen molar-refractivity contribution in [1.29, 1.82) is 0 Å². The molecule has 0 aliphatic carbocycles. The zero-order chi connectivity index (χ0) is 18.7. The Bertz CT molecular complexity index is 789. The number of aryl methyl sites for hydroxylation is 1. The van der Waals surface area contributed by atoms with E-state index in [0.717, 1.165) is 23.9 Å². The predicted molar refractivity (Wildman–Crippen MR) is 106 cm³/mol. The third-order valence-corrected chi connectivity index (χ3v) is 5.33. The number of hydrogen-bond donors (Lipinski definition) is 0. The molecule has 3 rings (SSSR count). The van der Waals surface area contributed by atoms with Gasteiger partial charge in [-0.05, 0) is 60.3 Å². The zero-order valence-corrected chi connectivity index (χ0v) is 17.0. The first-order valence-corrected chi connectivity index (χ1v) is 9.72. The topological polar surface area (TPSA) is 38.8 Å². The van der Waals surface area contributed by atoms with Crippen LogP contribution in [0.1, 0.15) is 47.3 Å². The van der Waals surface area contributed by atoms with Gasteiger partial charge in [0.25, 0.3) is 5.91 Å². The molecule has 5 heteroatoms. The van der Waals surface area contributed by atoms with Crippen molar-refractivity contribution in [3.63, 3.8) is 0 Å². The van der Waals surface area contributed by atoms with Crippen LogP contribution in [0.4, 0.5) is 0 Å². The van der Waals surface area contributed by atoms with Crippen molar-refractivity contribution in [2.75, 3.05) is 20.3 Å². The number of benzene rings is 2. The van der Waals surface area contributed by atoms with E-state index in [2.05, 4.69) is 47.1 Å². The minimum absolute atomic E-state index is 0.0233. The maximum Gasteiger partial charge on any atom is 0.254 e. The number of amides is 1. The monoisotopic (exact) mass is 417 g/mol. The van der Waals surface area contributed by atoms with Gasteiger partial charge in [0.2, 0.25) is 0 Å². The molecule has 1 saturated heterocycles. The van der Waals surface area contributed by atoms with Crippen LogP contribution in [-0.2, 0) is 0 Å². The van der Waals surface area contributed by atoms with Gasteiger partial charge in [-0.3, -0.25) is 4.79 Å². The largest absolute Gasteiger partial charge is 0.493 e. The molecular formula is C21H24BrNO3. The van der Waals surface area contributed by atoms with Crippen LogP contribution >= 0.6 is 15.9 Å². The van der Waals surface area contributed by atoms with Crippen molar-refractivity contribution in [2.24, 2.45) is 0 Å². The summed E-state index contributed by atoms with van der Waals surface area (Å²) in [5.74, 6) is 1.22. The van der Waals surface area contributed by atoms with E-state index < -0.39 is 0 Å². The molecule has 4 nitrogen and oxygen atoms in total. The summed E-state index contributed by atoms with van der Waals surface area (Å²) in [6.07, 6.45) is 2.00. The second-order valence-electron chi connectivity index (χ2n) is 6.49. The molecule has 0 N–H and O–H groups in total. The quantitative estimate of drug-likeness (QED) is 0.675. The molecule has 2 aromatic carbocycles. The van der Waals surface area contributed by atoms with E-state index >= 15 is 0 Å². The van der Waals surface area contributed by atoms with E-state index in [4.69, 9.17) is 9.47 Å². The SMILES string of the molecule is CCOc1c(Br)cc(C(=O)N2CCCC2c2ccc(C)cc2)cc1OC. The Morgan fingerprint density at radius 1 is 1.27 bits per heavy atom. The number of carbonyl (C=O) groups excluding carboxylic acids is 1. The van der Waals surface area contributed by atoms with Gasteiger partial charge in [-0.15, -0.1) is 0 Å². The molecule has 26 heavy (non-hydrogen) atoms. The van der Waals surface area contributed by atoms with Crippen molar-refractivity contribution in [1.82, 2.24) is 4.90 Å². The number of ether oxygens (including phenoxy) is 2. The molecule has 0 bridgehead atoms. The van der Waals surface area contributed by atoms with Crippen LogP contribution in [0.2, 0.25) is 0 Å². The van der Waals surface area contributed by atoms with Crippen molar-refractivity contribution < 1.29 is 14.3 Å². The summed E-state index contributed by atoms with van der Waals surface area (Å²) in [4.78, 5) is 15.2. The molecule has 138 valence electrons. The second kappa shape index (κ2) is 8.12. The van der Waals surface area contributed by atoms with Gasteiger partial charge >= 0.3 is 0 Å². The fourth-order valence-electron chi connectivity index (χ4n) is 3.44. The van der Waals surface area contributed by atoms with Gasteiger partial charge in [0.1, 0.15) is 0 Å². The Labute approximate surface area is 163 Å². The number of hydrogen-bond acceptors (Lipinski definition) is 3. The minimum Gasteiger partial charge on any atom is -0.493 e. The summed E-state index contributed by atoms with van der Waals surface area (Å²) in [6, 6.07) is 12.2. The smallest absolute Gasteiger partial charge is 0.254 e. The molecule has 0 spiro atoms. The fourth-order valence-corrected chi connectivity index (χ4v) is 3.99. The van der Waals surface area contributed by atoms with Crippen LogP contribution in [-0.4, -0.2) is 31.1 Å². The van der Waals surface area contributed by atoms with Crippen LogP contribution in [0.25, 0.3) is 0 Å². The molecule has 1 unspecified atom stereocenters. The molecule has 0 radical (unpaired) electrons. The highest BCUT2D eigenvalue weighted by Gasteiger charge is 2.31. The van der Waals surface area contributed by atoms with Gasteiger partial charge in [-0.2, -0.15) is 0 Å². The third-order valence-electron chi connectivity index (χ3n) is 4.74. The predicted octanol–water partition coefficient (Wildman–Crippen LogP) is 5.14. The van der Waals surface area contributed by atoms with Crippen LogP contribution in [0.3, 0.4) is 0 Å². The molecule has 0 saturated carbocycles. The highest BCUT2D eigenvalue weighted by atomic mass is 79.9. The van der Waals surface area contributed by atoms with Crippen LogP contribution in [0.15, 0.2) is 40.9 Å². The molecule has 1 fully saturated rings. The number of nitrogens with zero attached hydrogens (tertiary/aromatic N) is 1. The molecule has 1 aliphatic rings. The lowest BCUT2D eigenvalue weighted by molar-refractivity contribution is 0.0735. The van der Waals surface area contributed by atoms with Crippen LogP contribution in [0, 0.1) is 6.92 Å². The standard InChI is InChI=1S/C21H24BrNO3/c1-4-26-20-17(22)12-16(13-19(20)25-3)21(24)23-11-5-6-18(23)15-9-7-14(2)8-10-15/h7-10,12-13,18H,4-6,11H2,1-3H3. The van der Waals surface area contributed by atoms with Crippen LogP contribution < -0.4 is 9.47 Å². The Balaban J connectivity index is 1.90. The van der Waals surface area contributed by atoms with Crippen molar-refractivity contribution in [3.8, 4) is 11.5 Å². The third kappa shape index (κ3) is 3.73. The zero-order valence-electron chi connectivity index (χ0n) is 15.4. The van der Waals surface area contributed by atoms with E-state index in [-0.39, 0.29) is 11.9 Å². The van der Waals surface area contributed by atoms with E-state index in [0.29, 0.717) is 23.7 Å². The molecule has 1 aliphatic heterocycles.